The molecular weight excluding hydrogens is 223 g/mol. The fourth-order valence-electron chi connectivity index (χ4n) is 1.60. The molecule has 0 amide bonds. The first-order valence-corrected chi connectivity index (χ1v) is 6.44. The van der Waals surface area contributed by atoms with Crippen LogP contribution in [0.15, 0.2) is 0 Å². The Bertz CT molecular complexity index is 217. The van der Waals surface area contributed by atoms with Gasteiger partial charge in [0, 0.05) is 12.8 Å². The van der Waals surface area contributed by atoms with E-state index in [4.69, 9.17) is 4.74 Å². The van der Waals surface area contributed by atoms with E-state index in [1.54, 1.807) is 6.92 Å². The van der Waals surface area contributed by atoms with Crippen LogP contribution in [0.5, 0.6) is 0 Å². The minimum Gasteiger partial charge on any atom is -0.466 e. The third-order valence-electron chi connectivity index (χ3n) is 2.54. The molecule has 0 unspecified atom stereocenters. The van der Waals surface area contributed by atoms with Crippen LogP contribution < -0.4 is 0 Å². The molecule has 0 spiro atoms. The predicted octanol–water partition coefficient (Wildman–Crippen LogP) is 3.21. The standard InChI is InChI=1S/C13H23FO3/c1-2-17-13(16)10-8-6-4-3-5-7-9-12(15)11-14/h2-11H2,1H3. The molecule has 0 N–H and O–H groups in total. The van der Waals surface area contributed by atoms with E-state index in [1.807, 2.05) is 0 Å². The molecule has 100 valence electrons. The van der Waals surface area contributed by atoms with E-state index in [0.717, 1.165) is 38.5 Å². The molecule has 0 aromatic carbocycles. The topological polar surface area (TPSA) is 43.4 Å². The van der Waals surface area contributed by atoms with Gasteiger partial charge in [-0.1, -0.05) is 25.7 Å². The number of hydrogen-bond donors (Lipinski definition) is 0. The highest BCUT2D eigenvalue weighted by molar-refractivity contribution is 5.79. The van der Waals surface area contributed by atoms with Gasteiger partial charge in [0.25, 0.3) is 0 Å². The van der Waals surface area contributed by atoms with Crippen LogP contribution in [0, 0.1) is 0 Å². The van der Waals surface area contributed by atoms with Crippen molar-refractivity contribution < 1.29 is 18.7 Å². The quantitative estimate of drug-likeness (QED) is 0.415. The third-order valence-corrected chi connectivity index (χ3v) is 2.54. The van der Waals surface area contributed by atoms with Crippen molar-refractivity contribution in [1.82, 2.24) is 0 Å². The van der Waals surface area contributed by atoms with Crippen LogP contribution in [0.1, 0.15) is 58.3 Å². The summed E-state index contributed by atoms with van der Waals surface area (Å²) >= 11 is 0. The van der Waals surface area contributed by atoms with Gasteiger partial charge in [-0.15, -0.1) is 0 Å². The van der Waals surface area contributed by atoms with Gasteiger partial charge in [0.2, 0.25) is 0 Å². The second-order valence-electron chi connectivity index (χ2n) is 4.10. The van der Waals surface area contributed by atoms with E-state index in [-0.39, 0.29) is 11.8 Å². The zero-order chi connectivity index (χ0) is 12.9. The first-order chi connectivity index (χ1) is 8.20. The SMILES string of the molecule is CCOC(=O)CCCCCCCCC(=O)CF. The zero-order valence-corrected chi connectivity index (χ0v) is 10.7. The van der Waals surface area contributed by atoms with E-state index < -0.39 is 6.67 Å². The first kappa shape index (κ1) is 16.1. The lowest BCUT2D eigenvalue weighted by Gasteiger charge is -2.02. The number of rotatable bonds is 11. The average molecular weight is 246 g/mol. The molecule has 17 heavy (non-hydrogen) atoms. The monoisotopic (exact) mass is 246 g/mol. The number of alkyl halides is 1. The summed E-state index contributed by atoms with van der Waals surface area (Å²) in [6.07, 6.45) is 6.57. The second kappa shape index (κ2) is 11.6. The van der Waals surface area contributed by atoms with Crippen LogP contribution in [0.2, 0.25) is 0 Å². The number of unbranched alkanes of at least 4 members (excludes halogenated alkanes) is 5. The number of ketones is 1. The van der Waals surface area contributed by atoms with Crippen molar-refractivity contribution in [2.75, 3.05) is 13.3 Å². The van der Waals surface area contributed by atoms with E-state index >= 15 is 0 Å². The minimum atomic E-state index is -0.834. The van der Waals surface area contributed by atoms with Crippen molar-refractivity contribution in [3.8, 4) is 0 Å². The molecule has 4 heteroatoms. The summed E-state index contributed by atoms with van der Waals surface area (Å²) in [5.41, 5.74) is 0. The Morgan fingerprint density at radius 1 is 0.941 bits per heavy atom. The lowest BCUT2D eigenvalue weighted by molar-refractivity contribution is -0.143. The lowest BCUT2D eigenvalue weighted by Crippen LogP contribution is -2.03. The minimum absolute atomic E-state index is 0.124. The summed E-state index contributed by atoms with van der Waals surface area (Å²) in [5, 5.41) is 0. The number of ether oxygens (including phenoxy) is 1. The summed E-state index contributed by atoms with van der Waals surface area (Å²) in [6.45, 7) is 1.41. The van der Waals surface area contributed by atoms with Gasteiger partial charge in [-0.2, -0.15) is 0 Å². The first-order valence-electron chi connectivity index (χ1n) is 6.44. The molecule has 0 aromatic rings. The van der Waals surface area contributed by atoms with Gasteiger partial charge >= 0.3 is 5.97 Å². The van der Waals surface area contributed by atoms with Crippen molar-refractivity contribution in [2.45, 2.75) is 58.3 Å². The fourth-order valence-corrected chi connectivity index (χ4v) is 1.60. The number of halogens is 1. The second-order valence-corrected chi connectivity index (χ2v) is 4.10. The Morgan fingerprint density at radius 2 is 1.47 bits per heavy atom. The molecule has 0 aliphatic heterocycles. The number of hydrogen-bond acceptors (Lipinski definition) is 3. The number of carbonyl (C=O) groups excluding carboxylic acids is 2. The average Bonchev–Trinajstić information content (AvgIpc) is 2.32. The van der Waals surface area contributed by atoms with Crippen molar-refractivity contribution in [3.05, 3.63) is 0 Å². The molecule has 0 heterocycles. The van der Waals surface area contributed by atoms with Crippen molar-refractivity contribution in [1.29, 1.82) is 0 Å². The summed E-state index contributed by atoms with van der Waals surface area (Å²) in [5.74, 6) is -0.423. The molecule has 0 radical (unpaired) electrons. The van der Waals surface area contributed by atoms with E-state index in [2.05, 4.69) is 0 Å². The van der Waals surface area contributed by atoms with Gasteiger partial charge in [-0.25, -0.2) is 4.39 Å². The Balaban J connectivity index is 3.13. The van der Waals surface area contributed by atoms with E-state index in [9.17, 15) is 14.0 Å². The molecule has 0 bridgehead atoms. The molecule has 0 aliphatic rings. The molecule has 0 aliphatic carbocycles. The van der Waals surface area contributed by atoms with Crippen molar-refractivity contribution in [2.24, 2.45) is 0 Å². The highest BCUT2D eigenvalue weighted by Gasteiger charge is 2.01. The molecule has 0 saturated carbocycles. The highest BCUT2D eigenvalue weighted by Crippen LogP contribution is 2.09. The van der Waals surface area contributed by atoms with Gasteiger partial charge in [-0.3, -0.25) is 9.59 Å². The molecule has 0 rings (SSSR count). The Hall–Kier alpha value is -0.930. The maximum absolute atomic E-state index is 11.8. The van der Waals surface area contributed by atoms with Crippen LogP contribution in [-0.2, 0) is 14.3 Å². The normalized spacial score (nSPS) is 10.2. The van der Waals surface area contributed by atoms with Gasteiger partial charge < -0.3 is 4.74 Å². The fraction of sp³-hybridized carbons (Fsp3) is 0.846. The van der Waals surface area contributed by atoms with E-state index in [1.165, 1.54) is 0 Å². The number of Topliss-reactive ketones (excluding diaryl/α,β-unsaturated/α-hetero) is 1. The summed E-state index contributed by atoms with van der Waals surface area (Å²) in [4.78, 5) is 21.6. The molecule has 0 atom stereocenters. The van der Waals surface area contributed by atoms with Gasteiger partial charge in [-0.05, 0) is 19.8 Å². The predicted molar refractivity (Wildman–Crippen MR) is 64.6 cm³/mol. The maximum Gasteiger partial charge on any atom is 0.305 e. The molecule has 0 saturated heterocycles. The lowest BCUT2D eigenvalue weighted by atomic mass is 10.1. The third kappa shape index (κ3) is 11.3. The van der Waals surface area contributed by atoms with Crippen LogP contribution in [0.4, 0.5) is 4.39 Å². The van der Waals surface area contributed by atoms with Crippen molar-refractivity contribution >= 4 is 11.8 Å². The number of esters is 1. The largest absolute Gasteiger partial charge is 0.466 e. The van der Waals surface area contributed by atoms with Gasteiger partial charge in [0.1, 0.15) is 6.67 Å². The van der Waals surface area contributed by atoms with E-state index in [0.29, 0.717) is 19.4 Å². The zero-order valence-electron chi connectivity index (χ0n) is 10.7. The molecule has 0 fully saturated rings. The van der Waals surface area contributed by atoms with Crippen LogP contribution in [-0.4, -0.2) is 25.0 Å². The summed E-state index contributed by atoms with van der Waals surface area (Å²) in [6, 6.07) is 0. The summed E-state index contributed by atoms with van der Waals surface area (Å²) in [7, 11) is 0. The van der Waals surface area contributed by atoms with Crippen LogP contribution in [0.3, 0.4) is 0 Å². The van der Waals surface area contributed by atoms with Crippen LogP contribution >= 0.6 is 0 Å². The maximum atomic E-state index is 11.8. The smallest absolute Gasteiger partial charge is 0.305 e. The van der Waals surface area contributed by atoms with Crippen molar-refractivity contribution in [3.63, 3.8) is 0 Å². The van der Waals surface area contributed by atoms with Crippen LogP contribution in [0.25, 0.3) is 0 Å². The van der Waals surface area contributed by atoms with Gasteiger partial charge in [0.05, 0.1) is 6.61 Å². The van der Waals surface area contributed by atoms with Gasteiger partial charge in [0.15, 0.2) is 5.78 Å². The Labute approximate surface area is 103 Å². The molecule has 3 nitrogen and oxygen atoms in total. The number of carbonyl (C=O) groups is 2. The summed E-state index contributed by atoms with van der Waals surface area (Å²) < 4.78 is 16.6. The highest BCUT2D eigenvalue weighted by atomic mass is 19.1. The molecule has 0 aromatic heterocycles. The molecular formula is C13H23FO3. The Morgan fingerprint density at radius 3 is 2.00 bits per heavy atom. The Kier molecular flexibility index (Phi) is 10.9.